The number of fused-ring (bicyclic) bond motifs is 3. The van der Waals surface area contributed by atoms with Crippen LogP contribution >= 0.6 is 11.6 Å². The summed E-state index contributed by atoms with van der Waals surface area (Å²) in [5.74, 6) is -2.57. The lowest BCUT2D eigenvalue weighted by Gasteiger charge is -2.27. The van der Waals surface area contributed by atoms with E-state index in [1.54, 1.807) is 24.3 Å². The van der Waals surface area contributed by atoms with Crippen LogP contribution in [0.4, 0.5) is 10.1 Å². The lowest BCUT2D eigenvalue weighted by Crippen LogP contribution is -2.46. The van der Waals surface area contributed by atoms with E-state index >= 15 is 0 Å². The van der Waals surface area contributed by atoms with Gasteiger partial charge in [-0.1, -0.05) is 17.7 Å². The predicted octanol–water partition coefficient (Wildman–Crippen LogP) is 3.31. The maximum absolute atomic E-state index is 13.4. The zero-order chi connectivity index (χ0) is 20.3. The SMILES string of the molecule is O=C(c1ccc(F)cc1)[C@@H]1[C@@H]2C(=O)N(c3cccc(Cl)c3)C(=O)[C@@H]2[C@@H]2CCCN12. The van der Waals surface area contributed by atoms with Crippen LogP contribution in [-0.2, 0) is 9.59 Å². The summed E-state index contributed by atoms with van der Waals surface area (Å²) >= 11 is 6.06. The molecule has 3 heterocycles. The van der Waals surface area contributed by atoms with Crippen LogP contribution in [0.15, 0.2) is 48.5 Å². The van der Waals surface area contributed by atoms with Crippen LogP contribution in [0.5, 0.6) is 0 Å². The van der Waals surface area contributed by atoms with Gasteiger partial charge in [0, 0.05) is 16.6 Å². The first-order chi connectivity index (χ1) is 14.0. The molecule has 3 aliphatic rings. The molecule has 7 heteroatoms. The Labute approximate surface area is 172 Å². The Bertz CT molecular complexity index is 1020. The van der Waals surface area contributed by atoms with E-state index in [-0.39, 0.29) is 23.6 Å². The van der Waals surface area contributed by atoms with Crippen LogP contribution in [-0.4, -0.2) is 41.1 Å². The molecule has 3 saturated heterocycles. The molecule has 29 heavy (non-hydrogen) atoms. The summed E-state index contributed by atoms with van der Waals surface area (Å²) in [6.45, 7) is 0.674. The van der Waals surface area contributed by atoms with Crippen molar-refractivity contribution in [2.45, 2.75) is 24.9 Å². The van der Waals surface area contributed by atoms with Crippen molar-refractivity contribution in [3.63, 3.8) is 0 Å². The molecule has 0 N–H and O–H groups in total. The zero-order valence-electron chi connectivity index (χ0n) is 15.4. The first-order valence-electron chi connectivity index (χ1n) is 9.66. The topological polar surface area (TPSA) is 57.7 Å². The molecule has 2 amide bonds. The number of carbonyl (C=O) groups is 3. The number of nitrogens with zero attached hydrogens (tertiary/aromatic N) is 2. The second kappa shape index (κ2) is 6.75. The number of Topliss-reactive ketones (excluding diaryl/α,β-unsaturated/α-hetero) is 1. The molecule has 4 atom stereocenters. The predicted molar refractivity (Wildman–Crippen MR) is 105 cm³/mol. The minimum absolute atomic E-state index is 0.130. The minimum Gasteiger partial charge on any atom is -0.292 e. The molecule has 0 radical (unpaired) electrons. The molecular weight excluding hydrogens is 395 g/mol. The molecular formula is C22H18ClFN2O3. The Kier molecular flexibility index (Phi) is 4.29. The van der Waals surface area contributed by atoms with E-state index < -0.39 is 23.7 Å². The van der Waals surface area contributed by atoms with E-state index in [1.807, 2.05) is 4.90 Å². The summed E-state index contributed by atoms with van der Waals surface area (Å²) in [4.78, 5) is 43.2. The van der Waals surface area contributed by atoms with Gasteiger partial charge >= 0.3 is 0 Å². The van der Waals surface area contributed by atoms with Crippen molar-refractivity contribution in [3.8, 4) is 0 Å². The van der Waals surface area contributed by atoms with Gasteiger partial charge < -0.3 is 0 Å². The number of hydrogen-bond acceptors (Lipinski definition) is 4. The lowest BCUT2D eigenvalue weighted by atomic mass is 9.85. The van der Waals surface area contributed by atoms with Gasteiger partial charge in [-0.3, -0.25) is 19.3 Å². The van der Waals surface area contributed by atoms with Gasteiger partial charge in [0.15, 0.2) is 5.78 Å². The highest BCUT2D eigenvalue weighted by Crippen LogP contribution is 2.48. The highest BCUT2D eigenvalue weighted by atomic mass is 35.5. The molecule has 0 bridgehead atoms. The van der Waals surface area contributed by atoms with Gasteiger partial charge in [0.2, 0.25) is 11.8 Å². The molecule has 5 nitrogen and oxygen atoms in total. The Morgan fingerprint density at radius 2 is 1.76 bits per heavy atom. The van der Waals surface area contributed by atoms with Gasteiger partial charge in [-0.25, -0.2) is 9.29 Å². The molecule has 0 aliphatic carbocycles. The number of amides is 2. The molecule has 5 rings (SSSR count). The van der Waals surface area contributed by atoms with Crippen LogP contribution < -0.4 is 4.90 Å². The van der Waals surface area contributed by atoms with Crippen LogP contribution in [0, 0.1) is 17.7 Å². The molecule has 0 spiro atoms. The van der Waals surface area contributed by atoms with Gasteiger partial charge in [0.05, 0.1) is 23.6 Å². The van der Waals surface area contributed by atoms with Gasteiger partial charge in [-0.2, -0.15) is 0 Å². The summed E-state index contributed by atoms with van der Waals surface area (Å²) in [6.07, 6.45) is 1.65. The van der Waals surface area contributed by atoms with E-state index in [0.717, 1.165) is 12.8 Å². The molecule has 2 aromatic carbocycles. The maximum Gasteiger partial charge on any atom is 0.239 e. The average molecular weight is 413 g/mol. The summed E-state index contributed by atoms with van der Waals surface area (Å²) in [5.41, 5.74) is 0.781. The van der Waals surface area contributed by atoms with Crippen LogP contribution in [0.3, 0.4) is 0 Å². The molecule has 3 aliphatic heterocycles. The molecule has 148 valence electrons. The molecule has 0 unspecified atom stereocenters. The second-order valence-electron chi connectivity index (χ2n) is 7.81. The Morgan fingerprint density at radius 3 is 2.48 bits per heavy atom. The van der Waals surface area contributed by atoms with Crippen molar-refractivity contribution < 1.29 is 18.8 Å². The standard InChI is InChI=1S/C22H18ClFN2O3/c23-13-3-1-4-15(11-13)26-21(28)17-16-5-2-10-25(16)19(18(17)22(26)29)20(27)12-6-8-14(24)9-7-12/h1,3-4,6-9,11,16-19H,2,5,10H2/t16-,17+,18+,19-/m0/s1. The van der Waals surface area contributed by atoms with E-state index in [2.05, 4.69) is 0 Å². The van der Waals surface area contributed by atoms with Crippen molar-refractivity contribution in [1.82, 2.24) is 4.90 Å². The lowest BCUT2D eigenvalue weighted by molar-refractivity contribution is -0.123. The van der Waals surface area contributed by atoms with E-state index in [0.29, 0.717) is 22.8 Å². The fourth-order valence-corrected chi connectivity index (χ4v) is 5.35. The largest absolute Gasteiger partial charge is 0.292 e. The minimum atomic E-state index is -0.732. The maximum atomic E-state index is 13.4. The van der Waals surface area contributed by atoms with Gasteiger partial charge in [-0.05, 0) is 61.9 Å². The van der Waals surface area contributed by atoms with Crippen molar-refractivity contribution >= 4 is 34.9 Å². The third-order valence-corrected chi connectivity index (χ3v) is 6.55. The van der Waals surface area contributed by atoms with E-state index in [1.165, 1.54) is 29.2 Å². The number of anilines is 1. The van der Waals surface area contributed by atoms with Gasteiger partial charge in [-0.15, -0.1) is 0 Å². The van der Waals surface area contributed by atoms with Crippen molar-refractivity contribution in [2.75, 3.05) is 11.4 Å². The second-order valence-corrected chi connectivity index (χ2v) is 8.24. The van der Waals surface area contributed by atoms with Gasteiger partial charge in [0.25, 0.3) is 0 Å². The summed E-state index contributed by atoms with van der Waals surface area (Å²) < 4.78 is 13.3. The quantitative estimate of drug-likeness (QED) is 0.573. The molecule has 3 fully saturated rings. The average Bonchev–Trinajstić information content (AvgIpc) is 3.34. The summed E-state index contributed by atoms with van der Waals surface area (Å²) in [5, 5.41) is 0.432. The number of imide groups is 1. The van der Waals surface area contributed by atoms with Crippen LogP contribution in [0.2, 0.25) is 5.02 Å². The Morgan fingerprint density at radius 1 is 1.03 bits per heavy atom. The van der Waals surface area contributed by atoms with Crippen LogP contribution in [0.1, 0.15) is 23.2 Å². The molecule has 0 aromatic heterocycles. The molecule has 0 saturated carbocycles. The molecule has 2 aromatic rings. The van der Waals surface area contributed by atoms with Gasteiger partial charge in [0.1, 0.15) is 5.82 Å². The first-order valence-corrected chi connectivity index (χ1v) is 10.0. The highest BCUT2D eigenvalue weighted by molar-refractivity contribution is 6.31. The smallest absolute Gasteiger partial charge is 0.239 e. The van der Waals surface area contributed by atoms with Crippen molar-refractivity contribution in [1.29, 1.82) is 0 Å². The van der Waals surface area contributed by atoms with Crippen LogP contribution in [0.25, 0.3) is 0 Å². The number of benzene rings is 2. The number of halogens is 2. The first kappa shape index (κ1) is 18.5. The van der Waals surface area contributed by atoms with E-state index in [4.69, 9.17) is 11.6 Å². The third-order valence-electron chi connectivity index (χ3n) is 6.32. The zero-order valence-corrected chi connectivity index (χ0v) is 16.2. The number of hydrogen-bond donors (Lipinski definition) is 0. The van der Waals surface area contributed by atoms with E-state index in [9.17, 15) is 18.8 Å². The monoisotopic (exact) mass is 412 g/mol. The summed E-state index contributed by atoms with van der Waals surface area (Å²) in [6, 6.07) is 11.1. The van der Waals surface area contributed by atoms with Crippen molar-refractivity contribution in [2.24, 2.45) is 11.8 Å². The number of carbonyl (C=O) groups excluding carboxylic acids is 3. The fraction of sp³-hybridized carbons (Fsp3) is 0.318. The summed E-state index contributed by atoms with van der Waals surface area (Å²) in [7, 11) is 0. The Balaban J connectivity index is 1.55. The Hall–Kier alpha value is -2.57. The van der Waals surface area contributed by atoms with Crippen molar-refractivity contribution in [3.05, 3.63) is 64.9 Å². The third kappa shape index (κ3) is 2.74. The fourth-order valence-electron chi connectivity index (χ4n) is 5.17. The highest BCUT2D eigenvalue weighted by Gasteiger charge is 2.64. The normalized spacial score (nSPS) is 28.7. The number of rotatable bonds is 3. The number of ketones is 1.